The topological polar surface area (TPSA) is 265 Å². The van der Waals surface area contributed by atoms with Crippen molar-refractivity contribution in [2.24, 2.45) is 5.73 Å². The smallest absolute Gasteiger partial charge is 0.330 e. The molecule has 2 saturated heterocycles. The fourth-order valence-electron chi connectivity index (χ4n) is 4.67. The number of aromatic amines is 1. The Morgan fingerprint density at radius 1 is 1.15 bits per heavy atom. The number of aliphatic hydroxyl groups is 4. The highest BCUT2D eigenvalue weighted by Crippen LogP contribution is 2.32. The number of nitrogens with one attached hydrogen (secondary N) is 3. The van der Waals surface area contributed by atoms with Crippen LogP contribution in [0.25, 0.3) is 0 Å². The summed E-state index contributed by atoms with van der Waals surface area (Å²) in [6.45, 7) is 1.83. The van der Waals surface area contributed by atoms with Crippen LogP contribution >= 0.6 is 0 Å². The van der Waals surface area contributed by atoms with E-state index in [1.807, 2.05) is 11.9 Å². The predicted octanol–water partition coefficient (Wildman–Crippen LogP) is -4.84. The van der Waals surface area contributed by atoms with E-state index < -0.39 is 89.9 Å². The summed E-state index contributed by atoms with van der Waals surface area (Å²) in [4.78, 5) is 63.0. The van der Waals surface area contributed by atoms with E-state index in [0.29, 0.717) is 19.3 Å². The number of carbonyl (C=O) groups is 3. The largest absolute Gasteiger partial charge is 0.456 e. The average Bonchev–Trinajstić information content (AvgIpc) is 3.06. The van der Waals surface area contributed by atoms with Gasteiger partial charge in [-0.25, -0.2) is 4.79 Å². The molecule has 10 atom stereocenters. The molecule has 4 rings (SSSR count). The maximum absolute atomic E-state index is 12.9. The van der Waals surface area contributed by atoms with Crippen molar-refractivity contribution in [1.29, 1.82) is 0 Å². The van der Waals surface area contributed by atoms with Gasteiger partial charge in [0.1, 0.15) is 36.6 Å². The first-order valence-electron chi connectivity index (χ1n) is 12.5. The van der Waals surface area contributed by atoms with Crippen molar-refractivity contribution in [3.05, 3.63) is 44.9 Å². The van der Waals surface area contributed by atoms with Crippen molar-refractivity contribution in [3.63, 3.8) is 0 Å². The lowest BCUT2D eigenvalue weighted by Gasteiger charge is -2.34. The molecular weight excluding hydrogens is 538 g/mol. The van der Waals surface area contributed by atoms with Gasteiger partial charge in [0.15, 0.2) is 18.1 Å². The zero-order valence-electron chi connectivity index (χ0n) is 21.2. The van der Waals surface area contributed by atoms with Gasteiger partial charge in [-0.2, -0.15) is 0 Å². The average molecular weight is 570 g/mol. The quantitative estimate of drug-likeness (QED) is 0.154. The zero-order chi connectivity index (χ0) is 29.3. The van der Waals surface area contributed by atoms with Crippen molar-refractivity contribution < 1.29 is 49.0 Å². The van der Waals surface area contributed by atoms with E-state index in [1.54, 1.807) is 0 Å². The molecule has 1 aromatic rings. The van der Waals surface area contributed by atoms with Gasteiger partial charge in [0.05, 0.1) is 0 Å². The van der Waals surface area contributed by atoms with Gasteiger partial charge >= 0.3 is 5.69 Å². The number of aromatic nitrogens is 2. The Morgan fingerprint density at radius 3 is 2.55 bits per heavy atom. The third-order valence-corrected chi connectivity index (χ3v) is 6.82. The summed E-state index contributed by atoms with van der Waals surface area (Å²) in [5, 5.41) is 47.0. The summed E-state index contributed by atoms with van der Waals surface area (Å²) in [6, 6.07) is -0.00000468. The number of nitrogens with zero attached hydrogens (tertiary/aromatic N) is 1. The summed E-state index contributed by atoms with van der Waals surface area (Å²) < 4.78 is 17.1. The second-order valence-electron chi connectivity index (χ2n) is 9.81. The Hall–Kier alpha value is -3.61. The molecule has 9 N–H and O–H groups in total. The van der Waals surface area contributed by atoms with Gasteiger partial charge in [-0.05, 0) is 32.3 Å². The first kappa shape index (κ1) is 29.4. The van der Waals surface area contributed by atoms with E-state index in [2.05, 4.69) is 10.6 Å². The molecule has 0 bridgehead atoms. The third kappa shape index (κ3) is 6.08. The Labute approximate surface area is 225 Å². The molecule has 0 saturated carbocycles. The number of hydrogen-bond donors (Lipinski definition) is 8. The monoisotopic (exact) mass is 569 g/mol. The molecule has 2 fully saturated rings. The number of ether oxygens (including phenoxy) is 3. The van der Waals surface area contributed by atoms with Gasteiger partial charge in [-0.3, -0.25) is 28.7 Å². The first-order valence-corrected chi connectivity index (χ1v) is 12.5. The fraction of sp³-hybridized carbons (Fsp3) is 0.609. The number of rotatable bonds is 7. The predicted molar refractivity (Wildman–Crippen MR) is 130 cm³/mol. The highest BCUT2D eigenvalue weighted by molar-refractivity contribution is 5.95. The standard InChI is InChI=1S/C23H31N5O12/c1-8-3-2-4-9(19(35)25-8)26-20(36)11-7-10(29)13(31)22(38-11)40-17(18(24)34)16-14(32)15(33)21(39-16)28-6-5-12(30)27-23(28)37/h5-10,13-17,21-22,29,31-33H,2-4H2,1H3,(H2,24,34)(H,25,35)(H,26,36)(H,27,30,37)/t8-,9+,10+,13+,14+,15-,16+,17+,21-,22-/m1/s1. The minimum absolute atomic E-state index is 0.0749. The molecule has 40 heavy (non-hydrogen) atoms. The Bertz CT molecular complexity index is 1280. The summed E-state index contributed by atoms with van der Waals surface area (Å²) in [6.07, 6.45) is -10.7. The van der Waals surface area contributed by atoms with E-state index in [0.717, 1.165) is 22.9 Å². The van der Waals surface area contributed by atoms with E-state index in [4.69, 9.17) is 19.9 Å². The van der Waals surface area contributed by atoms with E-state index in [1.165, 1.54) is 0 Å². The van der Waals surface area contributed by atoms with Crippen molar-refractivity contribution in [2.45, 2.75) is 87.4 Å². The maximum atomic E-state index is 12.9. The normalized spacial score (nSPS) is 35.1. The summed E-state index contributed by atoms with van der Waals surface area (Å²) in [5.74, 6) is -3.09. The molecule has 0 radical (unpaired) electrons. The molecule has 4 heterocycles. The molecule has 3 amide bonds. The van der Waals surface area contributed by atoms with Crippen LogP contribution in [-0.4, -0.2) is 103 Å². The van der Waals surface area contributed by atoms with Crippen LogP contribution in [0.2, 0.25) is 0 Å². The Kier molecular flexibility index (Phi) is 8.71. The van der Waals surface area contributed by atoms with Crippen LogP contribution in [0, 0.1) is 0 Å². The van der Waals surface area contributed by atoms with Gasteiger partial charge in [0.25, 0.3) is 11.5 Å². The van der Waals surface area contributed by atoms with Crippen molar-refractivity contribution in [3.8, 4) is 0 Å². The van der Waals surface area contributed by atoms with Crippen LogP contribution in [-0.2, 0) is 28.6 Å². The SMILES string of the molecule is C[C@@H]1CCC[C@H](NC(=O)C2=C[C@H](O)[C@H](O)[C@@H](O[C@H](C(N)=O)[C@H]3O[C@@H](n4ccc(=O)[nH]c4=O)[C@H](O)[C@@H]3O)O2)C(=O)N1. The zero-order valence-corrected chi connectivity index (χ0v) is 21.2. The lowest BCUT2D eigenvalue weighted by molar-refractivity contribution is -0.240. The molecule has 0 unspecified atom stereocenters. The highest BCUT2D eigenvalue weighted by atomic mass is 16.7. The van der Waals surface area contributed by atoms with Crippen LogP contribution in [0.3, 0.4) is 0 Å². The van der Waals surface area contributed by atoms with Gasteiger partial charge in [-0.1, -0.05) is 0 Å². The summed E-state index contributed by atoms with van der Waals surface area (Å²) >= 11 is 0. The molecule has 17 heteroatoms. The second kappa shape index (κ2) is 11.9. The van der Waals surface area contributed by atoms with Gasteiger partial charge < -0.3 is 51.0 Å². The third-order valence-electron chi connectivity index (χ3n) is 6.82. The minimum Gasteiger partial charge on any atom is -0.456 e. The maximum Gasteiger partial charge on any atom is 0.330 e. The Balaban J connectivity index is 1.49. The Morgan fingerprint density at radius 2 is 1.88 bits per heavy atom. The van der Waals surface area contributed by atoms with Gasteiger partial charge in [-0.15, -0.1) is 0 Å². The minimum atomic E-state index is -1.93. The molecule has 1 aromatic heterocycles. The number of H-pyrrole nitrogens is 1. The number of carbonyl (C=O) groups excluding carboxylic acids is 3. The molecule has 0 spiro atoms. The van der Waals surface area contributed by atoms with Gasteiger partial charge in [0.2, 0.25) is 18.1 Å². The van der Waals surface area contributed by atoms with Crippen LogP contribution in [0.1, 0.15) is 32.4 Å². The van der Waals surface area contributed by atoms with E-state index in [9.17, 15) is 44.4 Å². The fourth-order valence-corrected chi connectivity index (χ4v) is 4.67. The van der Waals surface area contributed by atoms with Crippen molar-refractivity contribution in [1.82, 2.24) is 20.2 Å². The van der Waals surface area contributed by atoms with Crippen molar-refractivity contribution in [2.75, 3.05) is 0 Å². The van der Waals surface area contributed by atoms with Gasteiger partial charge in [0, 0.05) is 18.3 Å². The van der Waals surface area contributed by atoms with Crippen LogP contribution in [0.4, 0.5) is 0 Å². The van der Waals surface area contributed by atoms with Crippen molar-refractivity contribution >= 4 is 17.7 Å². The molecule has 0 aromatic carbocycles. The number of aliphatic hydroxyl groups excluding tert-OH is 4. The highest BCUT2D eigenvalue weighted by Gasteiger charge is 2.51. The summed E-state index contributed by atoms with van der Waals surface area (Å²) in [7, 11) is 0. The number of hydrogen-bond acceptors (Lipinski definition) is 12. The van der Waals surface area contributed by atoms with Crippen LogP contribution in [0.15, 0.2) is 33.7 Å². The summed E-state index contributed by atoms with van der Waals surface area (Å²) in [5.41, 5.74) is 3.72. The van der Waals surface area contributed by atoms with Crippen LogP contribution in [0.5, 0.6) is 0 Å². The molecule has 3 aliphatic heterocycles. The molecular formula is C23H31N5O12. The number of nitrogens with two attached hydrogens (primary N) is 1. The lowest BCUT2D eigenvalue weighted by atomic mass is 10.0. The second-order valence-corrected chi connectivity index (χ2v) is 9.81. The molecule has 17 nitrogen and oxygen atoms in total. The number of primary amides is 1. The van der Waals surface area contributed by atoms with E-state index >= 15 is 0 Å². The first-order chi connectivity index (χ1) is 18.9. The lowest BCUT2D eigenvalue weighted by Crippen LogP contribution is -2.54. The van der Waals surface area contributed by atoms with Crippen LogP contribution < -0.4 is 27.6 Å². The molecule has 220 valence electrons. The molecule has 3 aliphatic rings. The molecule has 0 aliphatic carbocycles. The van der Waals surface area contributed by atoms with E-state index in [-0.39, 0.29) is 6.04 Å². The number of amides is 3.